The SMILES string of the molecule is CC1=CC[C@H](C/C=N/O)C1(C)C. The molecule has 1 atom stereocenters. The molecule has 0 radical (unpaired) electrons. The third-order valence-corrected chi connectivity index (χ3v) is 3.22. The average Bonchev–Trinajstić information content (AvgIpc) is 2.25. The van der Waals surface area contributed by atoms with Gasteiger partial charge in [-0.15, -0.1) is 5.16 Å². The van der Waals surface area contributed by atoms with Gasteiger partial charge in [0, 0.05) is 6.21 Å². The van der Waals surface area contributed by atoms with E-state index in [4.69, 9.17) is 5.21 Å². The zero-order valence-electron chi connectivity index (χ0n) is 8.04. The maximum atomic E-state index is 8.32. The lowest BCUT2D eigenvalue weighted by molar-refractivity contribution is 0.292. The predicted octanol–water partition coefficient (Wildman–Crippen LogP) is 2.83. The Bertz CT molecular complexity index is 216. The predicted molar refractivity (Wildman–Crippen MR) is 50.5 cm³/mol. The van der Waals surface area contributed by atoms with Crippen molar-refractivity contribution in [2.24, 2.45) is 16.5 Å². The molecule has 0 bridgehead atoms. The first-order valence-electron chi connectivity index (χ1n) is 4.42. The van der Waals surface area contributed by atoms with Gasteiger partial charge < -0.3 is 5.21 Å². The van der Waals surface area contributed by atoms with Crippen molar-refractivity contribution < 1.29 is 5.21 Å². The van der Waals surface area contributed by atoms with Crippen LogP contribution in [0.15, 0.2) is 16.8 Å². The van der Waals surface area contributed by atoms with E-state index in [9.17, 15) is 0 Å². The molecular weight excluding hydrogens is 150 g/mol. The Kier molecular flexibility index (Phi) is 2.55. The monoisotopic (exact) mass is 167 g/mol. The fraction of sp³-hybridized carbons (Fsp3) is 0.700. The van der Waals surface area contributed by atoms with Gasteiger partial charge in [0.1, 0.15) is 0 Å². The van der Waals surface area contributed by atoms with Gasteiger partial charge in [0.05, 0.1) is 0 Å². The summed E-state index contributed by atoms with van der Waals surface area (Å²) in [4.78, 5) is 0. The number of hydrogen-bond donors (Lipinski definition) is 1. The molecule has 1 rings (SSSR count). The Balaban J connectivity index is 2.61. The lowest BCUT2D eigenvalue weighted by Gasteiger charge is -2.28. The summed E-state index contributed by atoms with van der Waals surface area (Å²) in [5.74, 6) is 0.605. The lowest BCUT2D eigenvalue weighted by Crippen LogP contribution is -2.20. The Labute approximate surface area is 74.0 Å². The van der Waals surface area contributed by atoms with Crippen LogP contribution >= 0.6 is 0 Å². The molecule has 0 saturated carbocycles. The summed E-state index contributed by atoms with van der Waals surface area (Å²) in [6, 6.07) is 0. The molecule has 0 aliphatic heterocycles. The second-order valence-corrected chi connectivity index (χ2v) is 4.08. The summed E-state index contributed by atoms with van der Waals surface area (Å²) in [7, 11) is 0. The smallest absolute Gasteiger partial charge is 0.0439 e. The van der Waals surface area contributed by atoms with E-state index in [-0.39, 0.29) is 5.41 Å². The first-order chi connectivity index (χ1) is 5.59. The summed E-state index contributed by atoms with van der Waals surface area (Å²) in [6.07, 6.45) is 5.87. The molecule has 0 aromatic rings. The third-order valence-electron chi connectivity index (χ3n) is 3.22. The molecule has 0 spiro atoms. The van der Waals surface area contributed by atoms with Gasteiger partial charge >= 0.3 is 0 Å². The number of nitrogens with zero attached hydrogens (tertiary/aromatic N) is 1. The Morgan fingerprint density at radius 1 is 1.75 bits per heavy atom. The summed E-state index contributed by atoms with van der Waals surface area (Å²) >= 11 is 0. The van der Waals surface area contributed by atoms with Crippen LogP contribution in [0.2, 0.25) is 0 Å². The van der Waals surface area contributed by atoms with Crippen LogP contribution in [0.5, 0.6) is 0 Å². The highest BCUT2D eigenvalue weighted by Gasteiger charge is 2.33. The Morgan fingerprint density at radius 3 is 2.83 bits per heavy atom. The molecule has 12 heavy (non-hydrogen) atoms. The standard InChI is InChI=1S/C10H17NO/c1-8-4-5-9(6-7-11-12)10(8,2)3/h4,7,9,12H,5-6H2,1-3H3/b11-7+/t9-/m1/s1. The quantitative estimate of drug-likeness (QED) is 0.292. The van der Waals surface area contributed by atoms with E-state index < -0.39 is 0 Å². The number of hydrogen-bond acceptors (Lipinski definition) is 2. The molecule has 0 amide bonds. The minimum absolute atomic E-state index is 0.279. The molecule has 0 aromatic heterocycles. The van der Waals surface area contributed by atoms with Gasteiger partial charge in [-0.25, -0.2) is 0 Å². The topological polar surface area (TPSA) is 32.6 Å². The molecule has 0 aromatic carbocycles. The summed E-state index contributed by atoms with van der Waals surface area (Å²) in [6.45, 7) is 6.68. The van der Waals surface area contributed by atoms with Crippen molar-refractivity contribution in [2.75, 3.05) is 0 Å². The Hall–Kier alpha value is -0.790. The summed E-state index contributed by atoms with van der Waals surface area (Å²) in [5, 5.41) is 11.4. The minimum atomic E-state index is 0.279. The van der Waals surface area contributed by atoms with Crippen LogP contribution in [0.3, 0.4) is 0 Å². The van der Waals surface area contributed by atoms with Gasteiger partial charge in [-0.05, 0) is 31.1 Å². The van der Waals surface area contributed by atoms with Crippen LogP contribution in [0.1, 0.15) is 33.6 Å². The minimum Gasteiger partial charge on any atom is -0.411 e. The maximum absolute atomic E-state index is 8.32. The maximum Gasteiger partial charge on any atom is 0.0439 e. The molecule has 2 nitrogen and oxygen atoms in total. The van der Waals surface area contributed by atoms with Crippen molar-refractivity contribution in [3.63, 3.8) is 0 Å². The van der Waals surface area contributed by atoms with Gasteiger partial charge in [0.15, 0.2) is 0 Å². The van der Waals surface area contributed by atoms with Crippen molar-refractivity contribution in [1.82, 2.24) is 0 Å². The Morgan fingerprint density at radius 2 is 2.42 bits per heavy atom. The van der Waals surface area contributed by atoms with E-state index in [2.05, 4.69) is 32.0 Å². The zero-order valence-corrected chi connectivity index (χ0v) is 8.04. The highest BCUT2D eigenvalue weighted by Crippen LogP contribution is 2.44. The van der Waals surface area contributed by atoms with Crippen molar-refractivity contribution in [2.45, 2.75) is 33.6 Å². The first-order valence-corrected chi connectivity index (χ1v) is 4.42. The molecule has 1 aliphatic rings. The van der Waals surface area contributed by atoms with E-state index >= 15 is 0 Å². The molecule has 0 unspecified atom stereocenters. The number of rotatable bonds is 2. The molecule has 0 fully saturated rings. The number of allylic oxidation sites excluding steroid dienone is 2. The molecule has 1 aliphatic carbocycles. The fourth-order valence-electron chi connectivity index (χ4n) is 1.76. The highest BCUT2D eigenvalue weighted by molar-refractivity contribution is 5.57. The van der Waals surface area contributed by atoms with Gasteiger partial charge in [0.2, 0.25) is 0 Å². The molecule has 1 N–H and O–H groups in total. The van der Waals surface area contributed by atoms with E-state index in [1.54, 1.807) is 6.21 Å². The van der Waals surface area contributed by atoms with E-state index in [0.29, 0.717) is 5.92 Å². The summed E-state index contributed by atoms with van der Waals surface area (Å²) in [5.41, 5.74) is 1.74. The van der Waals surface area contributed by atoms with Crippen LogP contribution in [0.4, 0.5) is 0 Å². The summed E-state index contributed by atoms with van der Waals surface area (Å²) < 4.78 is 0. The van der Waals surface area contributed by atoms with Gasteiger partial charge in [-0.3, -0.25) is 0 Å². The zero-order chi connectivity index (χ0) is 9.19. The molecule has 0 saturated heterocycles. The van der Waals surface area contributed by atoms with Gasteiger partial charge in [0.25, 0.3) is 0 Å². The first kappa shape index (κ1) is 9.30. The largest absolute Gasteiger partial charge is 0.411 e. The molecule has 2 heteroatoms. The number of oxime groups is 1. The van der Waals surface area contributed by atoms with Crippen LogP contribution < -0.4 is 0 Å². The van der Waals surface area contributed by atoms with Crippen LogP contribution in [-0.4, -0.2) is 11.4 Å². The van der Waals surface area contributed by atoms with Crippen molar-refractivity contribution in [1.29, 1.82) is 0 Å². The van der Waals surface area contributed by atoms with Crippen molar-refractivity contribution in [3.05, 3.63) is 11.6 Å². The van der Waals surface area contributed by atoms with Crippen molar-refractivity contribution >= 4 is 6.21 Å². The van der Waals surface area contributed by atoms with Crippen molar-refractivity contribution in [3.8, 4) is 0 Å². The highest BCUT2D eigenvalue weighted by atomic mass is 16.4. The molecule has 0 heterocycles. The second kappa shape index (κ2) is 3.30. The van der Waals surface area contributed by atoms with Crippen LogP contribution in [-0.2, 0) is 0 Å². The fourth-order valence-corrected chi connectivity index (χ4v) is 1.76. The van der Waals surface area contributed by atoms with Gasteiger partial charge in [-0.2, -0.15) is 0 Å². The molecular formula is C10H17NO. The second-order valence-electron chi connectivity index (χ2n) is 4.08. The normalized spacial score (nSPS) is 27.9. The third kappa shape index (κ3) is 1.52. The van der Waals surface area contributed by atoms with E-state index in [0.717, 1.165) is 12.8 Å². The van der Waals surface area contributed by atoms with Crippen LogP contribution in [0, 0.1) is 11.3 Å². The van der Waals surface area contributed by atoms with E-state index in [1.807, 2.05) is 0 Å². The average molecular weight is 167 g/mol. The van der Waals surface area contributed by atoms with Gasteiger partial charge in [-0.1, -0.05) is 25.5 Å². The molecule has 68 valence electrons. The van der Waals surface area contributed by atoms with E-state index in [1.165, 1.54) is 5.57 Å². The van der Waals surface area contributed by atoms with Crippen LogP contribution in [0.25, 0.3) is 0 Å². The lowest BCUT2D eigenvalue weighted by atomic mass is 9.76.